The zero-order valence-corrected chi connectivity index (χ0v) is 22.9. The van der Waals surface area contributed by atoms with Crippen LogP contribution in [-0.2, 0) is 14.9 Å². The second-order valence-electron chi connectivity index (χ2n) is 10.5. The van der Waals surface area contributed by atoms with Gasteiger partial charge in [0, 0.05) is 0 Å². The van der Waals surface area contributed by atoms with E-state index in [1.54, 1.807) is 11.5 Å². The van der Waals surface area contributed by atoms with Crippen molar-refractivity contribution in [3.63, 3.8) is 0 Å². The molecule has 2 aromatic carbocycles. The minimum atomic E-state index is -0.591. The Morgan fingerprint density at radius 1 is 1.11 bits per heavy atom. The Hall–Kier alpha value is -3.25. The Kier molecular flexibility index (Phi) is 7.19. The molecule has 4 rings (SSSR count). The van der Waals surface area contributed by atoms with E-state index in [9.17, 15) is 9.59 Å². The smallest absolute Gasteiger partial charge is 0.338 e. The monoisotopic (exact) mass is 502 g/mol. The fourth-order valence-electron chi connectivity index (χ4n) is 4.40. The van der Waals surface area contributed by atoms with Crippen molar-refractivity contribution in [2.24, 2.45) is 4.99 Å². The number of nitrogens with zero attached hydrogens (tertiary/aromatic N) is 2. The summed E-state index contributed by atoms with van der Waals surface area (Å²) in [5, 5.41) is 0. The van der Waals surface area contributed by atoms with Crippen molar-refractivity contribution in [1.82, 2.24) is 4.57 Å². The Morgan fingerprint density at radius 2 is 1.75 bits per heavy atom. The van der Waals surface area contributed by atoms with Crippen LogP contribution >= 0.6 is 11.3 Å². The molecular formula is C30H34N2O3S. The summed E-state index contributed by atoms with van der Waals surface area (Å²) >= 11 is 1.35. The van der Waals surface area contributed by atoms with Gasteiger partial charge in [-0.05, 0) is 53.5 Å². The lowest BCUT2D eigenvalue weighted by Gasteiger charge is -2.25. The first-order valence-corrected chi connectivity index (χ1v) is 13.2. The lowest BCUT2D eigenvalue weighted by molar-refractivity contribution is -0.139. The van der Waals surface area contributed by atoms with Gasteiger partial charge in [-0.2, -0.15) is 0 Å². The molecule has 5 nitrogen and oxygen atoms in total. The first-order valence-electron chi connectivity index (χ1n) is 12.4. The molecule has 6 heteroatoms. The number of fused-ring (bicyclic) bond motifs is 1. The highest BCUT2D eigenvalue weighted by Gasteiger charge is 2.33. The molecule has 0 bridgehead atoms. The Labute approximate surface area is 216 Å². The first-order chi connectivity index (χ1) is 17.0. The Morgan fingerprint density at radius 3 is 2.31 bits per heavy atom. The van der Waals surface area contributed by atoms with Crippen molar-refractivity contribution in [2.45, 2.75) is 65.8 Å². The van der Waals surface area contributed by atoms with E-state index in [2.05, 4.69) is 63.9 Å². The van der Waals surface area contributed by atoms with Crippen LogP contribution in [0.1, 0.15) is 82.7 Å². The predicted molar refractivity (Wildman–Crippen MR) is 146 cm³/mol. The average molecular weight is 503 g/mol. The molecule has 2 heterocycles. The molecule has 1 unspecified atom stereocenters. The second kappa shape index (κ2) is 10.0. The number of esters is 1. The van der Waals surface area contributed by atoms with Crippen molar-refractivity contribution < 1.29 is 9.53 Å². The van der Waals surface area contributed by atoms with Gasteiger partial charge in [0.1, 0.15) is 0 Å². The van der Waals surface area contributed by atoms with Crippen molar-refractivity contribution in [3.8, 4) is 0 Å². The van der Waals surface area contributed by atoms with Crippen LogP contribution < -0.4 is 14.9 Å². The molecule has 0 N–H and O–H groups in total. The van der Waals surface area contributed by atoms with Gasteiger partial charge in [-0.25, -0.2) is 9.79 Å². The van der Waals surface area contributed by atoms with E-state index in [0.29, 0.717) is 26.5 Å². The minimum absolute atomic E-state index is 0.0595. The molecule has 0 radical (unpaired) electrons. The maximum atomic E-state index is 13.7. The number of hydrogen-bond acceptors (Lipinski definition) is 5. The van der Waals surface area contributed by atoms with Gasteiger partial charge in [0.25, 0.3) is 5.56 Å². The number of hydrogen-bond donors (Lipinski definition) is 0. The largest absolute Gasteiger partial charge is 0.463 e. The number of ether oxygens (including phenoxy) is 1. The highest BCUT2D eigenvalue weighted by atomic mass is 32.1. The fourth-order valence-corrected chi connectivity index (χ4v) is 5.45. The molecule has 0 spiro atoms. The van der Waals surface area contributed by atoms with Gasteiger partial charge in [0.05, 0.1) is 28.5 Å². The predicted octanol–water partition coefficient (Wildman–Crippen LogP) is 5.22. The summed E-state index contributed by atoms with van der Waals surface area (Å²) in [5.41, 5.74) is 5.13. The standard InChI is InChI=1S/C30H34N2O3S/c1-8-35-28(34)25-19(4)31-29-32(26(25)22-13-11-21(12-14-22)18(2)3)27(33)24(36-29)17-20-9-15-23(16-10-20)30(5,6)7/h9-18,26H,8H2,1-7H3/b24-17-. The summed E-state index contributed by atoms with van der Waals surface area (Å²) in [5.74, 6) is -0.0590. The van der Waals surface area contributed by atoms with E-state index >= 15 is 0 Å². The molecule has 0 saturated carbocycles. The van der Waals surface area contributed by atoms with Gasteiger partial charge in [-0.15, -0.1) is 0 Å². The van der Waals surface area contributed by atoms with Crippen LogP contribution in [0.5, 0.6) is 0 Å². The molecule has 36 heavy (non-hydrogen) atoms. The van der Waals surface area contributed by atoms with Crippen molar-refractivity contribution in [2.75, 3.05) is 6.61 Å². The van der Waals surface area contributed by atoms with Gasteiger partial charge in [-0.1, -0.05) is 94.5 Å². The molecule has 1 atom stereocenters. The quantitative estimate of drug-likeness (QED) is 0.450. The topological polar surface area (TPSA) is 60.7 Å². The highest BCUT2D eigenvalue weighted by molar-refractivity contribution is 7.07. The van der Waals surface area contributed by atoms with E-state index < -0.39 is 12.0 Å². The Balaban J connectivity index is 1.88. The SMILES string of the molecule is CCOC(=O)C1=C(C)N=c2s/c(=C\c3ccc(C(C)(C)C)cc3)c(=O)n2C1c1ccc(C(C)C)cc1. The molecule has 0 fully saturated rings. The molecule has 1 aromatic heterocycles. The van der Waals surface area contributed by atoms with Gasteiger partial charge in [-0.3, -0.25) is 9.36 Å². The van der Waals surface area contributed by atoms with Crippen LogP contribution in [0.4, 0.5) is 0 Å². The van der Waals surface area contributed by atoms with E-state index in [1.807, 2.05) is 37.3 Å². The van der Waals surface area contributed by atoms with Crippen LogP contribution in [0.15, 0.2) is 69.6 Å². The number of rotatable bonds is 5. The second-order valence-corrected chi connectivity index (χ2v) is 11.5. The first kappa shape index (κ1) is 25.8. The number of aromatic nitrogens is 1. The number of thiazole rings is 1. The summed E-state index contributed by atoms with van der Waals surface area (Å²) in [7, 11) is 0. The van der Waals surface area contributed by atoms with Crippen LogP contribution in [0.3, 0.4) is 0 Å². The van der Waals surface area contributed by atoms with Gasteiger partial charge in [0.15, 0.2) is 4.80 Å². The normalized spacial score (nSPS) is 16.2. The molecule has 0 amide bonds. The summed E-state index contributed by atoms with van der Waals surface area (Å²) in [4.78, 5) is 32.0. The molecule has 0 aliphatic carbocycles. The number of carbonyl (C=O) groups excluding carboxylic acids is 1. The summed E-state index contributed by atoms with van der Waals surface area (Å²) in [6, 6.07) is 15.8. The summed E-state index contributed by atoms with van der Waals surface area (Å²) < 4.78 is 7.61. The lowest BCUT2D eigenvalue weighted by atomic mass is 9.87. The molecule has 1 aliphatic heterocycles. The van der Waals surface area contributed by atoms with Crippen LogP contribution in [0.25, 0.3) is 6.08 Å². The Bertz CT molecular complexity index is 1480. The van der Waals surface area contributed by atoms with Gasteiger partial charge in [0.2, 0.25) is 0 Å². The molecule has 188 valence electrons. The van der Waals surface area contributed by atoms with Gasteiger partial charge >= 0.3 is 5.97 Å². The fraction of sp³-hybridized carbons (Fsp3) is 0.367. The van der Waals surface area contributed by atoms with Crippen molar-refractivity contribution in [3.05, 3.63) is 102 Å². The van der Waals surface area contributed by atoms with E-state index in [1.165, 1.54) is 22.5 Å². The number of carbonyl (C=O) groups is 1. The third kappa shape index (κ3) is 5.00. The van der Waals surface area contributed by atoms with E-state index in [4.69, 9.17) is 4.74 Å². The maximum Gasteiger partial charge on any atom is 0.338 e. The zero-order chi connectivity index (χ0) is 26.2. The average Bonchev–Trinajstić information content (AvgIpc) is 3.12. The van der Waals surface area contributed by atoms with Crippen LogP contribution in [0.2, 0.25) is 0 Å². The molecule has 1 aliphatic rings. The third-order valence-corrected chi connectivity index (χ3v) is 7.49. The summed E-state index contributed by atoms with van der Waals surface area (Å²) in [6.07, 6.45) is 1.90. The van der Waals surface area contributed by atoms with Crippen LogP contribution in [-0.4, -0.2) is 17.1 Å². The minimum Gasteiger partial charge on any atom is -0.463 e. The highest BCUT2D eigenvalue weighted by Crippen LogP contribution is 2.31. The summed E-state index contributed by atoms with van der Waals surface area (Å²) in [6.45, 7) is 14.7. The number of benzene rings is 2. The lowest BCUT2D eigenvalue weighted by Crippen LogP contribution is -2.39. The molecule has 3 aromatic rings. The van der Waals surface area contributed by atoms with E-state index in [-0.39, 0.29) is 17.6 Å². The van der Waals surface area contributed by atoms with Crippen LogP contribution in [0, 0.1) is 0 Å². The maximum absolute atomic E-state index is 13.7. The van der Waals surface area contributed by atoms with E-state index in [0.717, 1.165) is 11.1 Å². The van der Waals surface area contributed by atoms with Gasteiger partial charge < -0.3 is 4.74 Å². The molecule has 0 saturated heterocycles. The van der Waals surface area contributed by atoms with Crippen molar-refractivity contribution >= 4 is 23.4 Å². The third-order valence-electron chi connectivity index (χ3n) is 6.51. The zero-order valence-electron chi connectivity index (χ0n) is 22.1. The molecular weight excluding hydrogens is 468 g/mol. The van der Waals surface area contributed by atoms with Crippen molar-refractivity contribution in [1.29, 1.82) is 0 Å². The number of allylic oxidation sites excluding steroid dienone is 1.